The second kappa shape index (κ2) is 10.4. The quantitative estimate of drug-likeness (QED) is 0.201. The van der Waals surface area contributed by atoms with Gasteiger partial charge in [0.05, 0.1) is 34.6 Å². The summed E-state index contributed by atoms with van der Waals surface area (Å²) >= 11 is 0. The fourth-order valence-corrected chi connectivity index (χ4v) is 6.40. The minimum atomic E-state index is -0.334. The van der Waals surface area contributed by atoms with Crippen LogP contribution in [0.1, 0.15) is 37.6 Å². The van der Waals surface area contributed by atoms with Crippen LogP contribution in [-0.2, 0) is 22.0 Å². The average Bonchev–Trinajstić information content (AvgIpc) is 3.33. The van der Waals surface area contributed by atoms with Crippen LogP contribution >= 0.6 is 0 Å². The first-order valence-electron chi connectivity index (χ1n) is 13.8. The lowest BCUT2D eigenvalue weighted by Crippen LogP contribution is -2.30. The Morgan fingerprint density at radius 3 is 2.49 bits per heavy atom. The van der Waals surface area contributed by atoms with Crippen molar-refractivity contribution in [1.82, 2.24) is 4.57 Å². The second-order valence-corrected chi connectivity index (χ2v) is 11.0. The fourth-order valence-electron chi connectivity index (χ4n) is 6.40. The lowest BCUT2D eigenvalue weighted by Gasteiger charge is -2.26. The molecule has 0 spiro atoms. The van der Waals surface area contributed by atoms with E-state index in [2.05, 4.69) is 60.9 Å². The van der Waals surface area contributed by atoms with Crippen LogP contribution in [0.2, 0.25) is 0 Å². The second-order valence-electron chi connectivity index (χ2n) is 11.0. The van der Waals surface area contributed by atoms with Gasteiger partial charge in [-0.05, 0) is 43.7 Å². The molecule has 0 atom stereocenters. The molecule has 41 heavy (non-hydrogen) atoms. The first-order valence-corrected chi connectivity index (χ1v) is 13.8. The van der Waals surface area contributed by atoms with Crippen molar-refractivity contribution in [1.29, 1.82) is 0 Å². The Morgan fingerprint density at radius 1 is 1.10 bits per heavy atom. The minimum absolute atomic E-state index is 0.0266. The van der Waals surface area contributed by atoms with Gasteiger partial charge in [-0.25, -0.2) is 0 Å². The summed E-state index contributed by atoms with van der Waals surface area (Å²) in [5.41, 5.74) is 7.98. The van der Waals surface area contributed by atoms with Gasteiger partial charge in [0.25, 0.3) is 0 Å². The number of methoxy groups -OCH3 is 1. The van der Waals surface area contributed by atoms with Gasteiger partial charge >= 0.3 is 0 Å². The fraction of sp³-hybridized carbons (Fsp3) is 0.189. The van der Waals surface area contributed by atoms with Gasteiger partial charge in [0, 0.05) is 35.2 Å². The van der Waals surface area contributed by atoms with E-state index in [4.69, 9.17) is 4.74 Å². The van der Waals surface area contributed by atoms with E-state index < -0.39 is 0 Å². The zero-order valence-corrected chi connectivity index (χ0v) is 24.8. The first kappa shape index (κ1) is 27.9. The lowest BCUT2D eigenvalue weighted by atomic mass is 9.76. The highest BCUT2D eigenvalue weighted by Crippen LogP contribution is 2.46. The van der Waals surface area contributed by atoms with Gasteiger partial charge in [0.15, 0.2) is 5.71 Å². The molecule has 0 N–H and O–H groups in total. The van der Waals surface area contributed by atoms with Crippen molar-refractivity contribution in [3.05, 3.63) is 125 Å². The Labute approximate surface area is 242 Å². The molecule has 0 saturated carbocycles. The smallest absolute Gasteiger partial charge is 0.217 e. The van der Waals surface area contributed by atoms with Gasteiger partial charge in [0.2, 0.25) is 11.5 Å². The maximum Gasteiger partial charge on any atom is 0.217 e. The average molecular weight is 542 g/mol. The Kier molecular flexibility index (Phi) is 7.04. The molecule has 0 unspecified atom stereocenters. The number of rotatable bonds is 7. The SMILES string of the molecule is C=C/C=C(\C=C/C)c1c(C2=C(OC)C(=CC3=[N+](C)c4c(ccc(=C)/c4=C\C=C)C3(C)C)C2=O)c2ccccc2n1C. The third kappa shape index (κ3) is 4.05. The summed E-state index contributed by atoms with van der Waals surface area (Å²) in [6.45, 7) is 18.4. The summed E-state index contributed by atoms with van der Waals surface area (Å²) in [5.74, 6) is 0.579. The molecule has 1 aliphatic carbocycles. The third-order valence-electron chi connectivity index (χ3n) is 8.30. The predicted molar refractivity (Wildman–Crippen MR) is 173 cm³/mol. The number of para-hydroxylation sites is 1. The molecule has 3 aromatic rings. The molecule has 0 saturated heterocycles. The van der Waals surface area contributed by atoms with Crippen LogP contribution in [0.15, 0.2) is 97.3 Å². The summed E-state index contributed by atoms with van der Waals surface area (Å²) in [5, 5.41) is 2.98. The molecular formula is C37H37N2O2+. The molecule has 0 amide bonds. The summed E-state index contributed by atoms with van der Waals surface area (Å²) in [6, 6.07) is 12.4. The minimum Gasteiger partial charge on any atom is -0.495 e. The van der Waals surface area contributed by atoms with Crippen molar-refractivity contribution < 1.29 is 14.1 Å². The van der Waals surface area contributed by atoms with E-state index in [1.54, 1.807) is 19.3 Å². The summed E-state index contributed by atoms with van der Waals surface area (Å²) in [7, 11) is 5.72. The van der Waals surface area contributed by atoms with Crippen molar-refractivity contribution in [2.75, 3.05) is 14.2 Å². The molecule has 206 valence electrons. The van der Waals surface area contributed by atoms with Crippen LogP contribution in [0.5, 0.6) is 0 Å². The Morgan fingerprint density at radius 2 is 1.83 bits per heavy atom. The molecule has 4 heteroatoms. The van der Waals surface area contributed by atoms with Gasteiger partial charge in [-0.2, -0.15) is 4.58 Å². The lowest BCUT2D eigenvalue weighted by molar-refractivity contribution is -0.402. The number of carbonyl (C=O) groups excluding carboxylic acids is 1. The van der Waals surface area contributed by atoms with Crippen LogP contribution in [0.4, 0.5) is 5.69 Å². The number of Topliss-reactive ketones (excluding diaryl/α,β-unsaturated/α-hetero) is 1. The van der Waals surface area contributed by atoms with Gasteiger partial charge in [0.1, 0.15) is 12.8 Å². The van der Waals surface area contributed by atoms with Crippen molar-refractivity contribution in [3.8, 4) is 0 Å². The number of benzene rings is 2. The Bertz CT molecular complexity index is 1930. The number of aromatic nitrogens is 1. The summed E-state index contributed by atoms with van der Waals surface area (Å²) in [6.07, 6.45) is 13.6. The van der Waals surface area contributed by atoms with E-state index in [1.807, 2.05) is 69.6 Å². The summed E-state index contributed by atoms with van der Waals surface area (Å²) < 4.78 is 10.3. The van der Waals surface area contributed by atoms with Gasteiger partial charge in [-0.1, -0.05) is 80.4 Å². The molecule has 0 fully saturated rings. The van der Waals surface area contributed by atoms with Crippen molar-refractivity contribution in [2.45, 2.75) is 26.2 Å². The van der Waals surface area contributed by atoms with Crippen molar-refractivity contribution in [3.63, 3.8) is 0 Å². The highest BCUT2D eigenvalue weighted by molar-refractivity contribution is 6.42. The number of nitrogens with zero attached hydrogens (tertiary/aromatic N) is 2. The number of carbonyl (C=O) groups is 1. The molecule has 1 aliphatic heterocycles. The van der Waals surface area contributed by atoms with E-state index >= 15 is 0 Å². The van der Waals surface area contributed by atoms with Crippen molar-refractivity contribution >= 4 is 51.9 Å². The normalized spacial score (nSPS) is 18.1. The molecule has 4 nitrogen and oxygen atoms in total. The number of ketones is 1. The van der Waals surface area contributed by atoms with Gasteiger partial charge in [-0.3, -0.25) is 4.79 Å². The Balaban J connectivity index is 1.78. The molecule has 2 heterocycles. The third-order valence-corrected chi connectivity index (χ3v) is 8.30. The Hall–Kier alpha value is -4.70. The van der Waals surface area contributed by atoms with E-state index in [1.165, 1.54) is 5.56 Å². The molecular weight excluding hydrogens is 504 g/mol. The number of allylic oxidation sites excluding steroid dienone is 9. The maximum absolute atomic E-state index is 14.1. The molecule has 0 bridgehead atoms. The van der Waals surface area contributed by atoms with Gasteiger partial charge < -0.3 is 9.30 Å². The van der Waals surface area contributed by atoms with Crippen LogP contribution in [-0.4, -0.2) is 34.8 Å². The van der Waals surface area contributed by atoms with E-state index in [-0.39, 0.29) is 11.2 Å². The highest BCUT2D eigenvalue weighted by atomic mass is 16.5. The number of ether oxygens (including phenoxy) is 1. The standard InChI is InChI=1S/C37H37N2O2/c1-10-15-24(16-11-2)33-31(26-18-13-14-19-29(26)38(33)7)32-35(40)27(36(32)41-9)22-30-37(5,6)28-21-20-23(4)25(17-12-3)34(28)39(30)8/h10-22H,1,3-4H2,2,5-9H3/q+1/b16-11-,24-15+,25-17+. The number of hydrogen-bond acceptors (Lipinski definition) is 2. The summed E-state index contributed by atoms with van der Waals surface area (Å²) in [4.78, 5) is 14.1. The number of hydrogen-bond donors (Lipinski definition) is 0. The highest BCUT2D eigenvalue weighted by Gasteiger charge is 2.47. The topological polar surface area (TPSA) is 34.2 Å². The van der Waals surface area contributed by atoms with E-state index in [0.717, 1.165) is 49.6 Å². The van der Waals surface area contributed by atoms with Gasteiger partial charge in [-0.15, -0.1) is 0 Å². The number of fused-ring (bicyclic) bond motifs is 2. The molecule has 2 aliphatic rings. The van der Waals surface area contributed by atoms with Crippen LogP contribution in [0, 0.1) is 0 Å². The van der Waals surface area contributed by atoms with E-state index in [0.29, 0.717) is 16.9 Å². The molecule has 1 aromatic heterocycles. The zero-order valence-electron chi connectivity index (χ0n) is 24.8. The largest absolute Gasteiger partial charge is 0.495 e. The molecule has 0 radical (unpaired) electrons. The predicted octanol–water partition coefficient (Wildman–Crippen LogP) is 6.27. The van der Waals surface area contributed by atoms with Crippen LogP contribution < -0.4 is 10.4 Å². The monoisotopic (exact) mass is 541 g/mol. The maximum atomic E-state index is 14.1. The zero-order chi connectivity index (χ0) is 29.6. The van der Waals surface area contributed by atoms with Crippen LogP contribution in [0.3, 0.4) is 0 Å². The number of aryl methyl sites for hydroxylation is 1. The molecule has 2 aromatic carbocycles. The van der Waals surface area contributed by atoms with E-state index in [9.17, 15) is 4.79 Å². The first-order chi connectivity index (χ1) is 19.6. The molecule has 5 rings (SSSR count). The van der Waals surface area contributed by atoms with Crippen molar-refractivity contribution in [2.24, 2.45) is 7.05 Å². The van der Waals surface area contributed by atoms with Crippen LogP contribution in [0.25, 0.3) is 34.7 Å².